The summed E-state index contributed by atoms with van der Waals surface area (Å²) >= 11 is 10.8. The molecule has 0 aliphatic heterocycles. The van der Waals surface area contributed by atoms with E-state index in [1.54, 1.807) is 17.0 Å². The molecule has 0 amide bonds. The van der Waals surface area contributed by atoms with Crippen LogP contribution in [0.4, 0.5) is 0 Å². The largest absolute Gasteiger partial charge is 0.387 e. The monoisotopic (exact) mass is 239 g/mol. The van der Waals surface area contributed by atoms with Gasteiger partial charge in [-0.2, -0.15) is 0 Å². The number of hydrogen-bond acceptors (Lipinski definition) is 4. The molecular formula is C8H6ClN5S. The number of nitrogens with zero attached hydrogens (tertiary/aromatic N) is 4. The minimum Gasteiger partial charge on any atom is -0.387 e. The highest BCUT2D eigenvalue weighted by molar-refractivity contribution is 7.80. The fourth-order valence-corrected chi connectivity index (χ4v) is 1.49. The SMILES string of the molecule is NC(=S)c1nccn1-c1ncncc1Cl. The lowest BCUT2D eigenvalue weighted by atomic mass is 10.5. The highest BCUT2D eigenvalue weighted by atomic mass is 35.5. The molecule has 0 aliphatic rings. The predicted octanol–water partition coefficient (Wildman–Crippen LogP) is 0.950. The van der Waals surface area contributed by atoms with Crippen LogP contribution in [0.5, 0.6) is 0 Å². The number of thiocarbonyl (C=S) groups is 1. The molecule has 0 aromatic carbocycles. The standard InChI is InChI=1S/C8H6ClN5S/c9-5-3-11-4-13-7(5)14-2-1-12-8(14)6(10)15/h1-4H,(H2,10,15). The molecule has 0 bridgehead atoms. The maximum atomic E-state index is 5.93. The van der Waals surface area contributed by atoms with Crippen molar-refractivity contribution in [3.8, 4) is 5.82 Å². The maximum absolute atomic E-state index is 5.93. The van der Waals surface area contributed by atoms with E-state index in [9.17, 15) is 0 Å². The lowest BCUT2D eigenvalue weighted by molar-refractivity contribution is 0.958. The minimum absolute atomic E-state index is 0.190. The summed E-state index contributed by atoms with van der Waals surface area (Å²) in [7, 11) is 0. The Hall–Kier alpha value is -1.53. The average Bonchev–Trinajstić information content (AvgIpc) is 2.67. The first kappa shape index (κ1) is 10.0. The van der Waals surface area contributed by atoms with Gasteiger partial charge in [0.15, 0.2) is 11.6 Å². The fraction of sp³-hybridized carbons (Fsp3) is 0. The molecule has 76 valence electrons. The highest BCUT2D eigenvalue weighted by Gasteiger charge is 2.10. The van der Waals surface area contributed by atoms with Gasteiger partial charge >= 0.3 is 0 Å². The number of hydrogen-bond donors (Lipinski definition) is 1. The average molecular weight is 240 g/mol. The molecule has 0 atom stereocenters. The van der Waals surface area contributed by atoms with Crippen molar-refractivity contribution >= 4 is 28.8 Å². The van der Waals surface area contributed by atoms with Crippen LogP contribution >= 0.6 is 23.8 Å². The summed E-state index contributed by atoms with van der Waals surface area (Å²) in [5.41, 5.74) is 5.51. The Morgan fingerprint density at radius 3 is 2.93 bits per heavy atom. The topological polar surface area (TPSA) is 69.6 Å². The molecule has 15 heavy (non-hydrogen) atoms. The summed E-state index contributed by atoms with van der Waals surface area (Å²) in [5.74, 6) is 0.956. The molecule has 0 radical (unpaired) electrons. The number of nitrogens with two attached hydrogens (primary N) is 1. The maximum Gasteiger partial charge on any atom is 0.173 e. The van der Waals surface area contributed by atoms with Gasteiger partial charge < -0.3 is 5.73 Å². The van der Waals surface area contributed by atoms with Crippen LogP contribution in [-0.2, 0) is 0 Å². The van der Waals surface area contributed by atoms with Crippen molar-refractivity contribution in [3.05, 3.63) is 35.8 Å². The van der Waals surface area contributed by atoms with E-state index in [0.29, 0.717) is 16.7 Å². The van der Waals surface area contributed by atoms with Gasteiger partial charge in [-0.1, -0.05) is 23.8 Å². The van der Waals surface area contributed by atoms with E-state index in [-0.39, 0.29) is 4.99 Å². The van der Waals surface area contributed by atoms with Crippen LogP contribution in [-0.4, -0.2) is 24.5 Å². The number of aromatic nitrogens is 4. The van der Waals surface area contributed by atoms with Gasteiger partial charge in [0.1, 0.15) is 16.3 Å². The van der Waals surface area contributed by atoms with Crippen LogP contribution in [0.1, 0.15) is 5.82 Å². The van der Waals surface area contributed by atoms with Gasteiger partial charge in [0.2, 0.25) is 0 Å². The first-order valence-electron chi connectivity index (χ1n) is 3.99. The van der Waals surface area contributed by atoms with Crippen LogP contribution in [0.15, 0.2) is 24.9 Å². The number of imidazole rings is 1. The first-order chi connectivity index (χ1) is 7.20. The van der Waals surface area contributed by atoms with E-state index >= 15 is 0 Å². The molecule has 2 N–H and O–H groups in total. The highest BCUT2D eigenvalue weighted by Crippen LogP contribution is 2.17. The van der Waals surface area contributed by atoms with Gasteiger partial charge in [-0.3, -0.25) is 4.57 Å². The second-order valence-corrected chi connectivity index (χ2v) is 3.53. The van der Waals surface area contributed by atoms with Gasteiger partial charge in [-0.15, -0.1) is 0 Å². The van der Waals surface area contributed by atoms with Gasteiger partial charge in [0.25, 0.3) is 0 Å². The Morgan fingerprint density at radius 1 is 1.47 bits per heavy atom. The normalized spacial score (nSPS) is 10.2. The molecule has 0 unspecified atom stereocenters. The third-order valence-corrected chi connectivity index (χ3v) is 2.19. The number of rotatable bonds is 2. The van der Waals surface area contributed by atoms with Crippen LogP contribution < -0.4 is 5.73 Å². The summed E-state index contributed by atoms with van der Waals surface area (Å²) in [6.07, 6.45) is 6.15. The molecule has 7 heteroatoms. The minimum atomic E-state index is 0.190. The van der Waals surface area contributed by atoms with Gasteiger partial charge in [0, 0.05) is 12.4 Å². The van der Waals surface area contributed by atoms with Crippen molar-refractivity contribution in [1.82, 2.24) is 19.5 Å². The summed E-state index contributed by atoms with van der Waals surface area (Å²) in [6.45, 7) is 0. The van der Waals surface area contributed by atoms with Gasteiger partial charge in [-0.25, -0.2) is 15.0 Å². The smallest absolute Gasteiger partial charge is 0.173 e. The Morgan fingerprint density at radius 2 is 2.27 bits per heavy atom. The van der Waals surface area contributed by atoms with Crippen molar-refractivity contribution in [2.45, 2.75) is 0 Å². The summed E-state index contributed by atoms with van der Waals surface area (Å²) in [6, 6.07) is 0. The lowest BCUT2D eigenvalue weighted by Crippen LogP contribution is -2.16. The summed E-state index contributed by atoms with van der Waals surface area (Å²) < 4.78 is 1.62. The molecule has 2 aromatic heterocycles. The van der Waals surface area contributed by atoms with Crippen molar-refractivity contribution in [3.63, 3.8) is 0 Å². The molecule has 5 nitrogen and oxygen atoms in total. The van der Waals surface area contributed by atoms with E-state index in [1.807, 2.05) is 0 Å². The second-order valence-electron chi connectivity index (χ2n) is 2.68. The van der Waals surface area contributed by atoms with Crippen LogP contribution in [0, 0.1) is 0 Å². The van der Waals surface area contributed by atoms with Crippen LogP contribution in [0.25, 0.3) is 5.82 Å². The van der Waals surface area contributed by atoms with Crippen molar-refractivity contribution < 1.29 is 0 Å². The predicted molar refractivity (Wildman–Crippen MR) is 60.1 cm³/mol. The summed E-state index contributed by atoms with van der Waals surface area (Å²) in [4.78, 5) is 12.0. The Kier molecular flexibility index (Phi) is 2.61. The molecular weight excluding hydrogens is 234 g/mol. The quantitative estimate of drug-likeness (QED) is 0.791. The van der Waals surface area contributed by atoms with Crippen molar-refractivity contribution in [2.75, 3.05) is 0 Å². The Balaban J connectivity index is 2.59. The van der Waals surface area contributed by atoms with E-state index in [2.05, 4.69) is 15.0 Å². The van der Waals surface area contributed by atoms with E-state index in [4.69, 9.17) is 29.6 Å². The first-order valence-corrected chi connectivity index (χ1v) is 4.78. The van der Waals surface area contributed by atoms with Gasteiger partial charge in [0.05, 0.1) is 6.20 Å². The van der Waals surface area contributed by atoms with Crippen molar-refractivity contribution in [2.24, 2.45) is 5.73 Å². The summed E-state index contributed by atoms with van der Waals surface area (Å²) in [5, 5.41) is 0.410. The molecule has 2 heterocycles. The van der Waals surface area contributed by atoms with Gasteiger partial charge in [-0.05, 0) is 0 Å². The molecule has 0 saturated heterocycles. The molecule has 0 fully saturated rings. The Bertz CT molecular complexity index is 509. The fourth-order valence-electron chi connectivity index (χ4n) is 1.14. The van der Waals surface area contributed by atoms with Crippen LogP contribution in [0.2, 0.25) is 5.02 Å². The van der Waals surface area contributed by atoms with E-state index in [0.717, 1.165) is 0 Å². The third-order valence-electron chi connectivity index (χ3n) is 1.74. The second kappa shape index (κ2) is 3.92. The molecule has 2 aromatic rings. The Labute approximate surface area is 95.9 Å². The molecule has 2 rings (SSSR count). The zero-order valence-corrected chi connectivity index (χ0v) is 9.03. The molecule has 0 spiro atoms. The zero-order chi connectivity index (χ0) is 10.8. The number of halogens is 1. The third kappa shape index (κ3) is 1.81. The van der Waals surface area contributed by atoms with Crippen molar-refractivity contribution in [1.29, 1.82) is 0 Å². The molecule has 0 aliphatic carbocycles. The molecule has 0 saturated carbocycles. The zero-order valence-electron chi connectivity index (χ0n) is 7.46. The van der Waals surface area contributed by atoms with E-state index < -0.39 is 0 Å². The van der Waals surface area contributed by atoms with E-state index in [1.165, 1.54) is 12.5 Å². The van der Waals surface area contributed by atoms with Crippen LogP contribution in [0.3, 0.4) is 0 Å². The lowest BCUT2D eigenvalue weighted by Gasteiger charge is -2.06.